The van der Waals surface area contributed by atoms with Crippen molar-refractivity contribution in [2.24, 2.45) is 0 Å². The van der Waals surface area contributed by atoms with E-state index in [0.29, 0.717) is 19.5 Å². The van der Waals surface area contributed by atoms with Gasteiger partial charge in [-0.3, -0.25) is 0 Å². The van der Waals surface area contributed by atoms with Crippen LogP contribution >= 0.6 is 0 Å². The van der Waals surface area contributed by atoms with Gasteiger partial charge in [-0.15, -0.1) is 0 Å². The Bertz CT molecular complexity index is 1100. The van der Waals surface area contributed by atoms with E-state index in [1.54, 1.807) is 4.31 Å². The highest BCUT2D eigenvalue weighted by molar-refractivity contribution is 7.89. The SMILES string of the molecule is Cc1[nH]c2ccccc2c1C1=CCN(S(=O)(=O)CCCc2ccccc2)CC1. The Morgan fingerprint density at radius 3 is 2.54 bits per heavy atom. The normalized spacial score (nSPS) is 15.7. The van der Waals surface area contributed by atoms with Gasteiger partial charge in [0, 0.05) is 35.2 Å². The number of hydrogen-bond acceptors (Lipinski definition) is 2. The zero-order valence-electron chi connectivity index (χ0n) is 16.2. The van der Waals surface area contributed by atoms with E-state index in [1.165, 1.54) is 22.1 Å². The van der Waals surface area contributed by atoms with Gasteiger partial charge in [0.15, 0.2) is 0 Å². The third-order valence-electron chi connectivity index (χ3n) is 5.49. The van der Waals surface area contributed by atoms with Gasteiger partial charge in [-0.05, 0) is 43.4 Å². The molecule has 0 amide bonds. The Balaban J connectivity index is 1.43. The first kappa shape index (κ1) is 19.0. The minimum Gasteiger partial charge on any atom is -0.358 e. The smallest absolute Gasteiger partial charge is 0.214 e. The van der Waals surface area contributed by atoms with Crippen molar-refractivity contribution >= 4 is 26.5 Å². The fraction of sp³-hybridized carbons (Fsp3) is 0.304. The van der Waals surface area contributed by atoms with Gasteiger partial charge in [0.25, 0.3) is 0 Å². The lowest BCUT2D eigenvalue weighted by atomic mass is 9.97. The van der Waals surface area contributed by atoms with E-state index < -0.39 is 10.0 Å². The number of sulfonamides is 1. The predicted octanol–water partition coefficient (Wildman–Crippen LogP) is 4.53. The average Bonchev–Trinajstić information content (AvgIpc) is 3.04. The lowest BCUT2D eigenvalue weighted by Gasteiger charge is -2.26. The van der Waals surface area contributed by atoms with Crippen molar-refractivity contribution < 1.29 is 8.42 Å². The number of H-pyrrole nitrogens is 1. The van der Waals surface area contributed by atoms with Gasteiger partial charge in [0.05, 0.1) is 5.75 Å². The van der Waals surface area contributed by atoms with Crippen molar-refractivity contribution in [3.05, 3.63) is 77.5 Å². The highest BCUT2D eigenvalue weighted by Gasteiger charge is 2.25. The average molecular weight is 395 g/mol. The Labute approximate surface area is 166 Å². The number of benzene rings is 2. The van der Waals surface area contributed by atoms with E-state index in [-0.39, 0.29) is 5.75 Å². The molecule has 0 saturated heterocycles. The molecule has 4 rings (SSSR count). The number of aromatic nitrogens is 1. The summed E-state index contributed by atoms with van der Waals surface area (Å²) < 4.78 is 27.1. The van der Waals surface area contributed by atoms with Gasteiger partial charge in [0.2, 0.25) is 10.0 Å². The van der Waals surface area contributed by atoms with Gasteiger partial charge in [-0.25, -0.2) is 8.42 Å². The molecule has 1 aliphatic rings. The van der Waals surface area contributed by atoms with Crippen LogP contribution in [0, 0.1) is 6.92 Å². The summed E-state index contributed by atoms with van der Waals surface area (Å²) in [6.45, 7) is 3.10. The summed E-state index contributed by atoms with van der Waals surface area (Å²) in [5.41, 5.74) is 5.94. The number of nitrogens with zero attached hydrogens (tertiary/aromatic N) is 1. The molecule has 146 valence electrons. The molecule has 0 bridgehead atoms. The highest BCUT2D eigenvalue weighted by Crippen LogP contribution is 2.32. The molecule has 0 aliphatic carbocycles. The highest BCUT2D eigenvalue weighted by atomic mass is 32.2. The molecule has 2 aromatic carbocycles. The minimum absolute atomic E-state index is 0.206. The number of nitrogens with one attached hydrogen (secondary N) is 1. The van der Waals surface area contributed by atoms with Crippen LogP contribution in [0.3, 0.4) is 0 Å². The molecular weight excluding hydrogens is 368 g/mol. The van der Waals surface area contributed by atoms with Crippen molar-refractivity contribution in [3.8, 4) is 0 Å². The molecular formula is C23H26N2O2S. The number of aromatic amines is 1. The van der Waals surface area contributed by atoms with Gasteiger partial charge in [0.1, 0.15) is 0 Å². The first-order valence-electron chi connectivity index (χ1n) is 9.83. The van der Waals surface area contributed by atoms with Crippen molar-refractivity contribution in [1.29, 1.82) is 0 Å². The summed E-state index contributed by atoms with van der Waals surface area (Å²) in [7, 11) is -3.22. The first-order chi connectivity index (χ1) is 13.5. The summed E-state index contributed by atoms with van der Waals surface area (Å²) in [4.78, 5) is 3.44. The molecule has 1 aliphatic heterocycles. The molecule has 0 fully saturated rings. The van der Waals surface area contributed by atoms with Gasteiger partial charge < -0.3 is 4.98 Å². The van der Waals surface area contributed by atoms with Crippen LogP contribution in [0.4, 0.5) is 0 Å². The summed E-state index contributed by atoms with van der Waals surface area (Å²) in [6, 6.07) is 18.3. The van der Waals surface area contributed by atoms with E-state index >= 15 is 0 Å². The van der Waals surface area contributed by atoms with Crippen LogP contribution in [0.5, 0.6) is 0 Å². The second-order valence-electron chi connectivity index (χ2n) is 7.41. The summed E-state index contributed by atoms with van der Waals surface area (Å²) in [6.07, 6.45) is 4.28. The molecule has 1 N–H and O–H groups in total. The molecule has 0 unspecified atom stereocenters. The summed E-state index contributed by atoms with van der Waals surface area (Å²) >= 11 is 0. The van der Waals surface area contributed by atoms with Crippen molar-refractivity contribution in [2.75, 3.05) is 18.8 Å². The van der Waals surface area contributed by atoms with E-state index in [1.807, 2.05) is 42.5 Å². The molecule has 0 saturated carbocycles. The van der Waals surface area contributed by atoms with Crippen LogP contribution in [0.2, 0.25) is 0 Å². The van der Waals surface area contributed by atoms with E-state index in [4.69, 9.17) is 0 Å². The van der Waals surface area contributed by atoms with Crippen molar-refractivity contribution in [2.45, 2.75) is 26.2 Å². The standard InChI is InChI=1S/C23H26N2O2S/c1-18-23(21-11-5-6-12-22(21)24-18)20-13-15-25(16-14-20)28(26,27)17-7-10-19-8-3-2-4-9-19/h2-6,8-9,11-13,24H,7,10,14-17H2,1H3. The van der Waals surface area contributed by atoms with Crippen LogP contribution < -0.4 is 0 Å². The number of aryl methyl sites for hydroxylation is 2. The second kappa shape index (κ2) is 7.94. The first-order valence-corrected chi connectivity index (χ1v) is 11.4. The molecule has 28 heavy (non-hydrogen) atoms. The van der Waals surface area contributed by atoms with Crippen LogP contribution in [0.1, 0.15) is 29.7 Å². The number of hydrogen-bond donors (Lipinski definition) is 1. The Morgan fingerprint density at radius 1 is 1.04 bits per heavy atom. The topological polar surface area (TPSA) is 53.2 Å². The molecule has 2 heterocycles. The van der Waals surface area contributed by atoms with Crippen molar-refractivity contribution in [3.63, 3.8) is 0 Å². The van der Waals surface area contributed by atoms with Gasteiger partial charge >= 0.3 is 0 Å². The third-order valence-corrected chi connectivity index (χ3v) is 7.41. The molecule has 1 aromatic heterocycles. The summed E-state index contributed by atoms with van der Waals surface area (Å²) in [5, 5.41) is 1.21. The van der Waals surface area contributed by atoms with Crippen LogP contribution in [-0.4, -0.2) is 36.5 Å². The Hall–Kier alpha value is -2.37. The lowest BCUT2D eigenvalue weighted by molar-refractivity contribution is 0.440. The van der Waals surface area contributed by atoms with E-state index in [9.17, 15) is 8.42 Å². The maximum Gasteiger partial charge on any atom is 0.214 e. The Morgan fingerprint density at radius 2 is 1.79 bits per heavy atom. The molecule has 3 aromatic rings. The van der Waals surface area contributed by atoms with Crippen LogP contribution in [-0.2, 0) is 16.4 Å². The quantitative estimate of drug-likeness (QED) is 0.668. The molecule has 5 heteroatoms. The fourth-order valence-electron chi connectivity index (χ4n) is 4.05. The lowest BCUT2D eigenvalue weighted by Crippen LogP contribution is -2.36. The third kappa shape index (κ3) is 3.91. The van der Waals surface area contributed by atoms with E-state index in [0.717, 1.165) is 24.1 Å². The van der Waals surface area contributed by atoms with Crippen LogP contribution in [0.15, 0.2) is 60.7 Å². The Kier molecular flexibility index (Phi) is 5.38. The fourth-order valence-corrected chi connectivity index (χ4v) is 5.49. The van der Waals surface area contributed by atoms with E-state index in [2.05, 4.69) is 30.1 Å². The largest absolute Gasteiger partial charge is 0.358 e. The van der Waals surface area contributed by atoms with Gasteiger partial charge in [-0.1, -0.05) is 54.6 Å². The van der Waals surface area contributed by atoms with Gasteiger partial charge in [-0.2, -0.15) is 4.31 Å². The molecule has 4 nitrogen and oxygen atoms in total. The zero-order chi connectivity index (χ0) is 19.6. The number of para-hydroxylation sites is 1. The zero-order valence-corrected chi connectivity index (χ0v) is 17.0. The maximum atomic E-state index is 12.7. The predicted molar refractivity (Wildman–Crippen MR) is 116 cm³/mol. The number of fused-ring (bicyclic) bond motifs is 1. The number of rotatable bonds is 6. The summed E-state index contributed by atoms with van der Waals surface area (Å²) in [5.74, 6) is 0.206. The second-order valence-corrected chi connectivity index (χ2v) is 9.50. The molecule has 0 radical (unpaired) electrons. The van der Waals surface area contributed by atoms with Crippen molar-refractivity contribution in [1.82, 2.24) is 9.29 Å². The monoisotopic (exact) mass is 394 g/mol. The maximum absolute atomic E-state index is 12.7. The van der Waals surface area contributed by atoms with Crippen LogP contribution in [0.25, 0.3) is 16.5 Å². The minimum atomic E-state index is -3.22. The molecule has 0 atom stereocenters. The molecule has 0 spiro atoms.